The van der Waals surface area contributed by atoms with Crippen molar-refractivity contribution in [3.05, 3.63) is 107 Å². The SMILES string of the molecule is CCCCc1ccc(-c2ccc(C(=O)NC(CCCNC(=O)OC(C)(C)C)C(=O)N(C)C3C(=O)NC(C)C(=O)NC(C(=O)NS(C)(=O)=O)Cc4ccc(OCCNC(=O)OC(C)(C)C)c(c4)-c4cc3ccc4OCCNC(=O)OC(C)(C)C)cc2)cc1. The Labute approximate surface area is 510 Å². The van der Waals surface area contributed by atoms with Crippen LogP contribution in [0, 0.1) is 0 Å². The molecule has 8 amide bonds. The molecule has 1 heterocycles. The molecule has 0 radical (unpaired) electrons. The molecule has 87 heavy (non-hydrogen) atoms. The summed E-state index contributed by atoms with van der Waals surface area (Å²) in [6, 6.07) is 18.6. The zero-order valence-corrected chi connectivity index (χ0v) is 53.0. The first-order valence-electron chi connectivity index (χ1n) is 29.0. The number of fused-ring (bicyclic) bond motifs is 5. The number of amides is 8. The fraction of sp³-hybridized carbons (Fsp3) is 0.492. The van der Waals surface area contributed by atoms with E-state index in [0.717, 1.165) is 41.5 Å². The van der Waals surface area contributed by atoms with Crippen LogP contribution in [0.2, 0.25) is 0 Å². The highest BCUT2D eigenvalue weighted by Gasteiger charge is 2.37. The van der Waals surface area contributed by atoms with E-state index in [1.165, 1.54) is 31.7 Å². The van der Waals surface area contributed by atoms with Crippen LogP contribution in [0.5, 0.6) is 11.5 Å². The van der Waals surface area contributed by atoms with Crippen LogP contribution < -0.4 is 46.1 Å². The highest BCUT2D eigenvalue weighted by Crippen LogP contribution is 2.40. The third kappa shape index (κ3) is 23.1. The van der Waals surface area contributed by atoms with Crippen LogP contribution in [-0.2, 0) is 56.3 Å². The molecule has 0 aromatic heterocycles. The molecule has 4 bridgehead atoms. The number of nitrogens with one attached hydrogen (secondary N) is 7. The van der Waals surface area contributed by atoms with Crippen molar-refractivity contribution in [2.24, 2.45) is 0 Å². The molecular weight excluding hydrogens is 1140 g/mol. The number of carbonyl (C=O) groups is 8. The maximum absolute atomic E-state index is 15.3. The fourth-order valence-corrected chi connectivity index (χ4v) is 9.50. The number of aryl methyl sites for hydroxylation is 1. The van der Waals surface area contributed by atoms with E-state index in [1.807, 2.05) is 16.9 Å². The Morgan fingerprint density at radius 3 is 1.68 bits per heavy atom. The predicted molar refractivity (Wildman–Crippen MR) is 328 cm³/mol. The maximum Gasteiger partial charge on any atom is 0.407 e. The number of nitrogens with zero attached hydrogens (tertiary/aromatic N) is 1. The number of likely N-dealkylation sites (N-methyl/N-ethyl adjacent to an activating group) is 1. The van der Waals surface area contributed by atoms with Crippen LogP contribution in [0.1, 0.15) is 135 Å². The molecule has 0 saturated carbocycles. The van der Waals surface area contributed by atoms with Gasteiger partial charge in [-0.15, -0.1) is 0 Å². The van der Waals surface area contributed by atoms with E-state index in [9.17, 15) is 37.2 Å². The first-order valence-corrected chi connectivity index (χ1v) is 30.9. The predicted octanol–water partition coefficient (Wildman–Crippen LogP) is 7.39. The standard InChI is InChI=1S/C63H86N8O15S/c1-14-15-17-40-19-22-42(23-20-40)43-24-26-44(27-25-43)54(73)68-48(18-16-31-64-58(77)84-61(3,4)5)57(76)71(12)52-45-28-30-51(83-35-33-66-60(79)86-63(9,10)11)47(38-45)46-36-41(21-29-50(46)82-34-32-65-59(78)85-62(6,7)8)37-49(55(74)70-87(13,80)81)69-53(72)39(2)67-56(52)75/h19-30,36,38-39,48-49,52H,14-18,31-35,37H2,1-13H3,(H,64,77)(H,65,78)(H,66,79)(H,67,75)(H,68,73)(H,69,72)(H,70,74). The van der Waals surface area contributed by atoms with Crippen molar-refractivity contribution >= 4 is 57.8 Å². The lowest BCUT2D eigenvalue weighted by Crippen LogP contribution is -2.56. The van der Waals surface area contributed by atoms with Crippen LogP contribution in [0.25, 0.3) is 22.3 Å². The number of carbonyl (C=O) groups excluding carboxylic acids is 8. The molecule has 4 atom stereocenters. The average molecular weight is 1230 g/mol. The molecule has 7 N–H and O–H groups in total. The topological polar surface area (TPSA) is 304 Å². The summed E-state index contributed by atoms with van der Waals surface area (Å²) in [4.78, 5) is 112. The quantitative estimate of drug-likeness (QED) is 0.0298. The van der Waals surface area contributed by atoms with Gasteiger partial charge < -0.3 is 60.5 Å². The van der Waals surface area contributed by atoms with Crippen molar-refractivity contribution in [3.63, 3.8) is 0 Å². The Hall–Kier alpha value is -8.41. The molecule has 0 saturated heterocycles. The van der Waals surface area contributed by atoms with Crippen molar-refractivity contribution in [2.75, 3.05) is 46.2 Å². The Bertz CT molecular complexity index is 3190. The number of hydrogen-bond acceptors (Lipinski definition) is 15. The third-order valence-electron chi connectivity index (χ3n) is 13.0. The Morgan fingerprint density at radius 2 is 1.16 bits per heavy atom. The second-order valence-corrected chi connectivity index (χ2v) is 25.9. The molecule has 0 aliphatic carbocycles. The first kappa shape index (κ1) is 69.4. The summed E-state index contributed by atoms with van der Waals surface area (Å²) < 4.78 is 55.7. The average Bonchev–Trinajstić information content (AvgIpc) is 1.28. The Balaban J connectivity index is 1.63. The van der Waals surface area contributed by atoms with Crippen LogP contribution >= 0.6 is 0 Å². The Kier molecular flexibility index (Phi) is 24.5. The number of sulfonamides is 1. The highest BCUT2D eigenvalue weighted by atomic mass is 32.2. The molecule has 5 rings (SSSR count). The van der Waals surface area contributed by atoms with E-state index in [1.54, 1.807) is 111 Å². The lowest BCUT2D eigenvalue weighted by atomic mass is 9.93. The summed E-state index contributed by atoms with van der Waals surface area (Å²) in [5.74, 6) is -3.89. The minimum atomic E-state index is -4.15. The van der Waals surface area contributed by atoms with Gasteiger partial charge in [0.2, 0.25) is 27.7 Å². The molecule has 4 aromatic carbocycles. The molecule has 474 valence electrons. The van der Waals surface area contributed by atoms with Gasteiger partial charge in [0, 0.05) is 36.7 Å². The number of benzene rings is 4. The van der Waals surface area contributed by atoms with Gasteiger partial charge in [-0.2, -0.15) is 0 Å². The van der Waals surface area contributed by atoms with Gasteiger partial charge in [-0.3, -0.25) is 28.7 Å². The van der Waals surface area contributed by atoms with Crippen molar-refractivity contribution in [3.8, 4) is 33.8 Å². The molecule has 4 aromatic rings. The maximum atomic E-state index is 15.3. The van der Waals surface area contributed by atoms with Gasteiger partial charge in [0.25, 0.3) is 11.8 Å². The lowest BCUT2D eigenvalue weighted by Gasteiger charge is -2.33. The molecule has 23 nitrogen and oxygen atoms in total. The molecule has 4 unspecified atom stereocenters. The van der Waals surface area contributed by atoms with Crippen LogP contribution in [0.15, 0.2) is 84.9 Å². The molecule has 0 spiro atoms. The zero-order valence-electron chi connectivity index (χ0n) is 52.1. The van der Waals surface area contributed by atoms with Crippen molar-refractivity contribution in [1.82, 2.24) is 41.5 Å². The molecule has 1 aliphatic rings. The minimum Gasteiger partial charge on any atom is -0.491 e. The molecule has 0 fully saturated rings. The normalized spacial score (nSPS) is 15.8. The number of rotatable bonds is 22. The number of hydrogen-bond donors (Lipinski definition) is 7. The van der Waals surface area contributed by atoms with Gasteiger partial charge in [0.05, 0.1) is 19.3 Å². The van der Waals surface area contributed by atoms with Gasteiger partial charge in [-0.1, -0.05) is 61.9 Å². The summed E-state index contributed by atoms with van der Waals surface area (Å²) in [7, 11) is -2.80. The summed E-state index contributed by atoms with van der Waals surface area (Å²) in [5.41, 5.74) is 1.94. The summed E-state index contributed by atoms with van der Waals surface area (Å²) in [6.45, 7) is 18.6. The largest absolute Gasteiger partial charge is 0.491 e. The van der Waals surface area contributed by atoms with Gasteiger partial charge in [0.15, 0.2) is 0 Å². The van der Waals surface area contributed by atoms with Gasteiger partial charge in [-0.05, 0) is 159 Å². The smallest absolute Gasteiger partial charge is 0.407 e. The van der Waals surface area contributed by atoms with E-state index in [-0.39, 0.29) is 85.9 Å². The van der Waals surface area contributed by atoms with Crippen molar-refractivity contribution in [1.29, 1.82) is 0 Å². The van der Waals surface area contributed by atoms with Crippen LogP contribution in [-0.4, -0.2) is 142 Å². The molecule has 24 heteroatoms. The second-order valence-electron chi connectivity index (χ2n) is 24.2. The number of ether oxygens (including phenoxy) is 5. The summed E-state index contributed by atoms with van der Waals surface area (Å²) in [6.07, 6.45) is 1.61. The summed E-state index contributed by atoms with van der Waals surface area (Å²) in [5, 5.41) is 16.1. The number of alkyl carbamates (subject to hydrolysis) is 3. The van der Waals surface area contributed by atoms with Gasteiger partial charge in [0.1, 0.15) is 65.7 Å². The lowest BCUT2D eigenvalue weighted by molar-refractivity contribution is -0.141. The Morgan fingerprint density at radius 1 is 0.655 bits per heavy atom. The van der Waals surface area contributed by atoms with E-state index in [2.05, 4.69) is 51.0 Å². The van der Waals surface area contributed by atoms with Crippen LogP contribution in [0.4, 0.5) is 14.4 Å². The minimum absolute atomic E-state index is 0.0304. The van der Waals surface area contributed by atoms with Crippen molar-refractivity contribution in [2.45, 2.75) is 156 Å². The van der Waals surface area contributed by atoms with E-state index < -0.39 is 98.8 Å². The molecular formula is C63H86N8O15S. The molecule has 1 aliphatic heterocycles. The van der Waals surface area contributed by atoms with Crippen molar-refractivity contribution < 1.29 is 70.5 Å². The monoisotopic (exact) mass is 1230 g/mol. The van der Waals surface area contributed by atoms with E-state index in [0.29, 0.717) is 5.56 Å². The van der Waals surface area contributed by atoms with E-state index >= 15 is 9.59 Å². The van der Waals surface area contributed by atoms with Gasteiger partial charge >= 0.3 is 18.3 Å². The van der Waals surface area contributed by atoms with E-state index in [4.69, 9.17) is 23.7 Å². The summed E-state index contributed by atoms with van der Waals surface area (Å²) >= 11 is 0. The highest BCUT2D eigenvalue weighted by molar-refractivity contribution is 7.89. The second kappa shape index (κ2) is 30.8. The number of unbranched alkanes of at least 4 members (excludes halogenated alkanes) is 1. The third-order valence-corrected chi connectivity index (χ3v) is 13.6. The zero-order chi connectivity index (χ0) is 64.4. The fourth-order valence-electron chi connectivity index (χ4n) is 9.00. The first-order chi connectivity index (χ1) is 40.7. The van der Waals surface area contributed by atoms with Gasteiger partial charge in [-0.25, -0.2) is 22.8 Å². The van der Waals surface area contributed by atoms with Crippen LogP contribution in [0.3, 0.4) is 0 Å².